The Kier molecular flexibility index (Phi) is 3.07. The Labute approximate surface area is 53.9 Å². The molecule has 9 heavy (non-hydrogen) atoms. The minimum Gasteiger partial charge on any atom is -0.267 e. The van der Waals surface area contributed by atoms with Gasteiger partial charge in [-0.25, -0.2) is 4.39 Å². The van der Waals surface area contributed by atoms with Gasteiger partial charge in [0.15, 0.2) is 0 Å². The summed E-state index contributed by atoms with van der Waals surface area (Å²) in [6.45, 7) is 0.837. The zero-order valence-corrected chi connectivity index (χ0v) is 6.11. The average molecular weight is 155 g/mol. The number of rotatable bonds is 3. The first-order valence-corrected chi connectivity index (χ1v) is 4.22. The SMILES string of the molecule is CC([18F])COS(C)(=O)=O. The Morgan fingerprint density at radius 2 is 2.11 bits per heavy atom. The van der Waals surface area contributed by atoms with Crippen molar-refractivity contribution >= 4 is 10.1 Å². The fourth-order valence-corrected chi connectivity index (χ4v) is 0.652. The summed E-state index contributed by atoms with van der Waals surface area (Å²) in [5.74, 6) is 0. The van der Waals surface area contributed by atoms with E-state index in [9.17, 15) is 12.8 Å². The molecule has 0 aromatic carbocycles. The predicted molar refractivity (Wildman–Crippen MR) is 31.4 cm³/mol. The second kappa shape index (κ2) is 3.12. The van der Waals surface area contributed by atoms with Crippen LogP contribution in [0, 0.1) is 0 Å². The van der Waals surface area contributed by atoms with Crippen molar-refractivity contribution < 1.29 is 17.0 Å². The Morgan fingerprint density at radius 3 is 2.22 bits per heavy atom. The van der Waals surface area contributed by atoms with Gasteiger partial charge >= 0.3 is 0 Å². The van der Waals surface area contributed by atoms with Gasteiger partial charge in [-0.05, 0) is 6.92 Å². The highest BCUT2D eigenvalue weighted by Crippen LogP contribution is 1.92. The van der Waals surface area contributed by atoms with Gasteiger partial charge in [-0.15, -0.1) is 0 Å². The monoisotopic (exact) mass is 155 g/mol. The van der Waals surface area contributed by atoms with Crippen molar-refractivity contribution in [3.8, 4) is 0 Å². The molecule has 0 aliphatic carbocycles. The van der Waals surface area contributed by atoms with Crippen LogP contribution in [-0.4, -0.2) is 27.5 Å². The molecule has 1 atom stereocenters. The number of hydrogen-bond acceptors (Lipinski definition) is 3. The third-order valence-electron chi connectivity index (χ3n) is 0.512. The summed E-state index contributed by atoms with van der Waals surface area (Å²) >= 11 is 0. The zero-order chi connectivity index (χ0) is 7.49. The van der Waals surface area contributed by atoms with Crippen molar-refractivity contribution in [1.29, 1.82) is 0 Å². The maximum Gasteiger partial charge on any atom is 0.264 e. The van der Waals surface area contributed by atoms with Crippen molar-refractivity contribution in [3.05, 3.63) is 0 Å². The molecule has 0 saturated carbocycles. The lowest BCUT2D eigenvalue weighted by molar-refractivity contribution is 0.216. The lowest BCUT2D eigenvalue weighted by Crippen LogP contribution is -2.10. The van der Waals surface area contributed by atoms with Gasteiger partial charge < -0.3 is 0 Å². The van der Waals surface area contributed by atoms with Gasteiger partial charge in [0.1, 0.15) is 6.17 Å². The van der Waals surface area contributed by atoms with Crippen LogP contribution in [0.2, 0.25) is 0 Å². The summed E-state index contributed by atoms with van der Waals surface area (Å²) in [4.78, 5) is 0. The van der Waals surface area contributed by atoms with Gasteiger partial charge in [0.2, 0.25) is 0 Å². The van der Waals surface area contributed by atoms with Crippen LogP contribution in [0.5, 0.6) is 0 Å². The molecule has 0 aliphatic rings. The van der Waals surface area contributed by atoms with Crippen LogP contribution in [0.1, 0.15) is 6.92 Å². The molecule has 0 saturated heterocycles. The van der Waals surface area contributed by atoms with Crippen molar-refractivity contribution in [2.75, 3.05) is 12.9 Å². The molecule has 0 aromatic rings. The van der Waals surface area contributed by atoms with E-state index in [0.29, 0.717) is 0 Å². The summed E-state index contributed by atoms with van der Waals surface area (Å²) in [6, 6.07) is 0. The number of hydrogen-bond donors (Lipinski definition) is 0. The van der Waals surface area contributed by atoms with Crippen LogP contribution in [0.4, 0.5) is 4.39 Å². The molecule has 0 radical (unpaired) electrons. The molecular weight excluding hydrogens is 146 g/mol. The Bertz CT molecular complexity index is 161. The van der Waals surface area contributed by atoms with E-state index in [-0.39, 0.29) is 0 Å². The fourth-order valence-electron chi connectivity index (χ4n) is 0.217. The van der Waals surface area contributed by atoms with E-state index in [1.807, 2.05) is 0 Å². The minimum atomic E-state index is -3.46. The van der Waals surface area contributed by atoms with E-state index in [0.717, 1.165) is 6.26 Å². The molecule has 0 spiro atoms. The van der Waals surface area contributed by atoms with Gasteiger partial charge in [-0.3, -0.25) is 4.18 Å². The molecule has 0 aliphatic heterocycles. The Morgan fingerprint density at radius 1 is 1.67 bits per heavy atom. The van der Waals surface area contributed by atoms with Gasteiger partial charge in [0, 0.05) is 0 Å². The van der Waals surface area contributed by atoms with Crippen molar-refractivity contribution in [3.63, 3.8) is 0 Å². The summed E-state index contributed by atoms with van der Waals surface area (Å²) in [5.41, 5.74) is 0. The molecule has 0 bridgehead atoms. The quantitative estimate of drug-likeness (QED) is 0.551. The number of halogens is 1. The first-order chi connectivity index (χ1) is 3.92. The first-order valence-electron chi connectivity index (χ1n) is 2.40. The summed E-state index contributed by atoms with van der Waals surface area (Å²) in [5, 5.41) is 0. The minimum absolute atomic E-state index is 0.390. The van der Waals surface area contributed by atoms with Crippen LogP contribution in [0.25, 0.3) is 0 Å². The second-order valence-electron chi connectivity index (χ2n) is 1.77. The molecular formula is C4H9FO3S. The summed E-state index contributed by atoms with van der Waals surface area (Å²) in [6.07, 6.45) is -0.352. The van der Waals surface area contributed by atoms with Gasteiger partial charge in [-0.1, -0.05) is 0 Å². The van der Waals surface area contributed by atoms with Crippen LogP contribution < -0.4 is 0 Å². The number of alkyl halides is 1. The average Bonchev–Trinajstić information content (AvgIpc) is 1.59. The van der Waals surface area contributed by atoms with Gasteiger partial charge in [0.25, 0.3) is 10.1 Å². The van der Waals surface area contributed by atoms with Crippen LogP contribution in [-0.2, 0) is 14.3 Å². The van der Waals surface area contributed by atoms with Crippen LogP contribution in [0.15, 0.2) is 0 Å². The molecule has 0 rings (SSSR count). The molecule has 5 heteroatoms. The van der Waals surface area contributed by atoms with E-state index >= 15 is 0 Å². The Hall–Kier alpha value is -0.160. The van der Waals surface area contributed by atoms with Crippen LogP contribution in [0.3, 0.4) is 0 Å². The largest absolute Gasteiger partial charge is 0.267 e. The molecule has 0 N–H and O–H groups in total. The third-order valence-corrected chi connectivity index (χ3v) is 1.08. The maximum atomic E-state index is 11.8. The van der Waals surface area contributed by atoms with E-state index in [2.05, 4.69) is 4.18 Å². The standard InChI is InChI=1S/C4H9FO3S/c1-4(5)3-8-9(2,6)7/h4H,3H2,1-2H3/i5-1. The summed E-state index contributed by atoms with van der Waals surface area (Å²) < 4.78 is 36.2. The van der Waals surface area contributed by atoms with E-state index in [1.165, 1.54) is 6.92 Å². The molecule has 1 unspecified atom stereocenters. The molecule has 0 aromatic heterocycles. The molecule has 0 fully saturated rings. The first kappa shape index (κ1) is 8.84. The zero-order valence-electron chi connectivity index (χ0n) is 5.30. The highest BCUT2D eigenvalue weighted by Gasteiger charge is 2.04. The highest BCUT2D eigenvalue weighted by molar-refractivity contribution is 7.85. The molecule has 56 valence electrons. The van der Waals surface area contributed by atoms with E-state index < -0.39 is 22.9 Å². The maximum absolute atomic E-state index is 11.8. The van der Waals surface area contributed by atoms with Gasteiger partial charge in [0.05, 0.1) is 12.9 Å². The molecule has 3 nitrogen and oxygen atoms in total. The lowest BCUT2D eigenvalue weighted by Gasteiger charge is -1.99. The van der Waals surface area contributed by atoms with Gasteiger partial charge in [-0.2, -0.15) is 8.42 Å². The van der Waals surface area contributed by atoms with Crippen molar-refractivity contribution in [2.24, 2.45) is 0 Å². The topological polar surface area (TPSA) is 43.4 Å². The van der Waals surface area contributed by atoms with E-state index in [4.69, 9.17) is 0 Å². The molecule has 0 heterocycles. The normalized spacial score (nSPS) is 15.4. The van der Waals surface area contributed by atoms with E-state index in [1.54, 1.807) is 0 Å². The smallest absolute Gasteiger partial charge is 0.264 e. The van der Waals surface area contributed by atoms with Crippen molar-refractivity contribution in [1.82, 2.24) is 0 Å². The third kappa shape index (κ3) is 7.84. The highest BCUT2D eigenvalue weighted by atomic mass is 32.2. The van der Waals surface area contributed by atoms with Crippen LogP contribution >= 0.6 is 0 Å². The lowest BCUT2D eigenvalue weighted by atomic mass is 10.5. The fraction of sp³-hybridized carbons (Fsp3) is 1.00. The molecule has 0 amide bonds. The second-order valence-corrected chi connectivity index (χ2v) is 3.41. The predicted octanol–water partition coefficient (Wildman–Crippen LogP) is 0.321. The summed E-state index contributed by atoms with van der Waals surface area (Å²) in [7, 11) is -3.46. The van der Waals surface area contributed by atoms with Crippen molar-refractivity contribution in [2.45, 2.75) is 13.1 Å². The Balaban J connectivity index is 3.53.